The highest BCUT2D eigenvalue weighted by Gasteiger charge is 2.19. The molecule has 2 heterocycles. The number of aryl methyl sites for hydroxylation is 1. The summed E-state index contributed by atoms with van der Waals surface area (Å²) in [5.74, 6) is 0.467. The highest BCUT2D eigenvalue weighted by Crippen LogP contribution is 2.10. The van der Waals surface area contributed by atoms with E-state index in [2.05, 4.69) is 4.98 Å². The van der Waals surface area contributed by atoms with Crippen LogP contribution in [0.5, 0.6) is 0 Å². The molecule has 0 aromatic carbocycles. The maximum absolute atomic E-state index is 11.8. The lowest BCUT2D eigenvalue weighted by Gasteiger charge is -2.26. The smallest absolute Gasteiger partial charge is 0.222 e. The van der Waals surface area contributed by atoms with E-state index in [1.54, 1.807) is 0 Å². The summed E-state index contributed by atoms with van der Waals surface area (Å²) in [5.41, 5.74) is 1.24. The molecule has 1 fully saturated rings. The molecule has 0 aliphatic carbocycles. The molecule has 0 radical (unpaired) electrons. The highest BCUT2D eigenvalue weighted by molar-refractivity contribution is 5.83. The second-order valence-corrected chi connectivity index (χ2v) is 4.49. The molecule has 0 bridgehead atoms. The van der Waals surface area contributed by atoms with Crippen LogP contribution in [0.15, 0.2) is 18.5 Å². The number of aromatic nitrogens is 1. The van der Waals surface area contributed by atoms with Crippen molar-refractivity contribution in [1.82, 2.24) is 9.88 Å². The first-order valence-corrected chi connectivity index (χ1v) is 6.17. The zero-order valence-corrected chi connectivity index (χ0v) is 9.95. The maximum atomic E-state index is 11.8. The topological polar surface area (TPSA) is 53.2 Å². The summed E-state index contributed by atoms with van der Waals surface area (Å²) < 4.78 is 0. The summed E-state index contributed by atoms with van der Waals surface area (Å²) in [6.45, 7) is 1.23. The van der Waals surface area contributed by atoms with E-state index in [4.69, 9.17) is 0 Å². The lowest BCUT2D eigenvalue weighted by atomic mass is 10.1. The summed E-state index contributed by atoms with van der Waals surface area (Å²) >= 11 is 0. The van der Waals surface area contributed by atoms with E-state index in [0.717, 1.165) is 12.8 Å². The molecule has 1 aliphatic heterocycles. The van der Waals surface area contributed by atoms with E-state index >= 15 is 0 Å². The molecule has 17 heavy (non-hydrogen) atoms. The van der Waals surface area contributed by atoms with Crippen molar-refractivity contribution in [3.8, 4) is 0 Å². The molecular weight excluding hydrogens is 216 g/mol. The van der Waals surface area contributed by atoms with Crippen LogP contribution in [-0.4, -0.2) is 34.7 Å². The van der Waals surface area contributed by atoms with Crippen molar-refractivity contribution in [2.75, 3.05) is 13.1 Å². The van der Waals surface area contributed by atoms with Crippen LogP contribution in [0.2, 0.25) is 0 Å². The number of rotatable bonds is 4. The molecule has 1 amide bonds. The van der Waals surface area contributed by atoms with Crippen LogP contribution >= 0.6 is 0 Å². The largest absolute Gasteiger partial charge is 0.367 e. The number of nitrogens with one attached hydrogen (secondary N) is 1. The first-order chi connectivity index (χ1) is 8.25. The van der Waals surface area contributed by atoms with E-state index < -0.39 is 0 Å². The van der Waals surface area contributed by atoms with Gasteiger partial charge in [0, 0.05) is 44.7 Å². The molecule has 1 saturated heterocycles. The van der Waals surface area contributed by atoms with Crippen molar-refractivity contribution < 1.29 is 9.59 Å². The Kier molecular flexibility index (Phi) is 3.96. The fourth-order valence-corrected chi connectivity index (χ4v) is 2.12. The lowest BCUT2D eigenvalue weighted by molar-refractivity contribution is -0.134. The Morgan fingerprint density at radius 2 is 2.12 bits per heavy atom. The summed E-state index contributed by atoms with van der Waals surface area (Å²) in [4.78, 5) is 27.7. The quantitative estimate of drug-likeness (QED) is 0.859. The van der Waals surface area contributed by atoms with Gasteiger partial charge in [-0.15, -0.1) is 0 Å². The second kappa shape index (κ2) is 5.66. The van der Waals surface area contributed by atoms with Gasteiger partial charge < -0.3 is 9.88 Å². The first kappa shape index (κ1) is 11.9. The van der Waals surface area contributed by atoms with Crippen LogP contribution < -0.4 is 0 Å². The van der Waals surface area contributed by atoms with Gasteiger partial charge in [-0.2, -0.15) is 0 Å². The van der Waals surface area contributed by atoms with E-state index in [0.29, 0.717) is 32.4 Å². The zero-order valence-electron chi connectivity index (χ0n) is 9.95. The van der Waals surface area contributed by atoms with Gasteiger partial charge in [0.2, 0.25) is 5.91 Å². The number of hydrogen-bond donors (Lipinski definition) is 1. The first-order valence-electron chi connectivity index (χ1n) is 6.17. The number of nitrogens with zero attached hydrogens (tertiary/aromatic N) is 1. The van der Waals surface area contributed by atoms with Gasteiger partial charge in [0.15, 0.2) is 0 Å². The summed E-state index contributed by atoms with van der Waals surface area (Å²) in [6, 6.07) is 2.03. The Morgan fingerprint density at radius 1 is 1.35 bits per heavy atom. The maximum Gasteiger partial charge on any atom is 0.222 e. The van der Waals surface area contributed by atoms with Crippen molar-refractivity contribution in [2.45, 2.75) is 32.1 Å². The predicted molar refractivity (Wildman–Crippen MR) is 64.6 cm³/mol. The van der Waals surface area contributed by atoms with Crippen LogP contribution in [0.3, 0.4) is 0 Å². The van der Waals surface area contributed by atoms with Gasteiger partial charge in [0.25, 0.3) is 0 Å². The highest BCUT2D eigenvalue weighted by atomic mass is 16.2. The molecule has 0 atom stereocenters. The van der Waals surface area contributed by atoms with Crippen LogP contribution in [0, 0.1) is 0 Å². The van der Waals surface area contributed by atoms with Gasteiger partial charge in [-0.1, -0.05) is 0 Å². The van der Waals surface area contributed by atoms with E-state index in [1.807, 2.05) is 23.4 Å². The van der Waals surface area contributed by atoms with Crippen molar-refractivity contribution in [1.29, 1.82) is 0 Å². The van der Waals surface area contributed by atoms with Gasteiger partial charge in [-0.3, -0.25) is 9.59 Å². The van der Waals surface area contributed by atoms with Crippen molar-refractivity contribution >= 4 is 11.7 Å². The number of ketones is 1. The van der Waals surface area contributed by atoms with Gasteiger partial charge in [-0.05, 0) is 24.5 Å². The molecule has 1 aromatic heterocycles. The molecular formula is C13H18N2O2. The Bertz CT molecular complexity index is 374. The van der Waals surface area contributed by atoms with E-state index in [9.17, 15) is 9.59 Å². The summed E-state index contributed by atoms with van der Waals surface area (Å²) in [5, 5.41) is 0. The van der Waals surface area contributed by atoms with Gasteiger partial charge in [0.05, 0.1) is 0 Å². The minimum atomic E-state index is 0.188. The third-order valence-electron chi connectivity index (χ3n) is 3.19. The normalized spacial score (nSPS) is 16.2. The molecule has 0 spiro atoms. The molecule has 4 heteroatoms. The number of amides is 1. The Labute approximate surface area is 101 Å². The molecule has 4 nitrogen and oxygen atoms in total. The average molecular weight is 234 g/mol. The zero-order chi connectivity index (χ0) is 12.1. The Morgan fingerprint density at radius 3 is 2.76 bits per heavy atom. The summed E-state index contributed by atoms with van der Waals surface area (Å²) in [7, 11) is 0. The Balaban J connectivity index is 1.68. The van der Waals surface area contributed by atoms with Gasteiger partial charge >= 0.3 is 0 Å². The molecule has 2 rings (SSSR count). The second-order valence-electron chi connectivity index (χ2n) is 4.49. The molecule has 1 aliphatic rings. The van der Waals surface area contributed by atoms with E-state index in [-0.39, 0.29) is 11.7 Å². The fourth-order valence-electron chi connectivity index (χ4n) is 2.12. The van der Waals surface area contributed by atoms with Gasteiger partial charge in [-0.25, -0.2) is 0 Å². The lowest BCUT2D eigenvalue weighted by Crippen LogP contribution is -2.38. The monoisotopic (exact) mass is 234 g/mol. The number of piperidine rings is 1. The van der Waals surface area contributed by atoms with Crippen LogP contribution in [-0.2, 0) is 16.0 Å². The SMILES string of the molecule is O=C1CCN(C(=O)CCCc2cc[nH]c2)CC1. The predicted octanol–water partition coefficient (Wildman–Crippen LogP) is 1.53. The van der Waals surface area contributed by atoms with Crippen LogP contribution in [0.25, 0.3) is 0 Å². The number of hydrogen-bond acceptors (Lipinski definition) is 2. The molecule has 92 valence electrons. The van der Waals surface area contributed by atoms with Crippen molar-refractivity contribution in [2.24, 2.45) is 0 Å². The molecule has 1 aromatic rings. The number of aromatic amines is 1. The standard InChI is InChI=1S/C13H18N2O2/c16-12-5-8-15(9-6-12)13(17)3-1-2-11-4-7-14-10-11/h4,7,10,14H,1-3,5-6,8-9H2. The van der Waals surface area contributed by atoms with Crippen molar-refractivity contribution in [3.63, 3.8) is 0 Å². The average Bonchev–Trinajstić information content (AvgIpc) is 2.83. The number of Topliss-reactive ketones (excluding diaryl/α,β-unsaturated/α-hetero) is 1. The third kappa shape index (κ3) is 3.44. The van der Waals surface area contributed by atoms with Crippen LogP contribution in [0.4, 0.5) is 0 Å². The van der Waals surface area contributed by atoms with E-state index in [1.165, 1.54) is 5.56 Å². The van der Waals surface area contributed by atoms with Gasteiger partial charge in [0.1, 0.15) is 5.78 Å². The fraction of sp³-hybridized carbons (Fsp3) is 0.538. The minimum absolute atomic E-state index is 0.188. The molecule has 1 N–H and O–H groups in total. The molecule has 0 saturated carbocycles. The Hall–Kier alpha value is -1.58. The van der Waals surface area contributed by atoms with Crippen molar-refractivity contribution in [3.05, 3.63) is 24.0 Å². The minimum Gasteiger partial charge on any atom is -0.367 e. The van der Waals surface area contributed by atoms with Crippen LogP contribution in [0.1, 0.15) is 31.2 Å². The molecule has 0 unspecified atom stereocenters. The number of likely N-dealkylation sites (tertiary alicyclic amines) is 1. The third-order valence-corrected chi connectivity index (χ3v) is 3.19. The summed E-state index contributed by atoms with van der Waals surface area (Å²) in [6.07, 6.45) is 7.31. The number of H-pyrrole nitrogens is 1. The number of carbonyl (C=O) groups excluding carboxylic acids is 2. The number of carbonyl (C=O) groups is 2.